The lowest BCUT2D eigenvalue weighted by atomic mass is 9.81. The van der Waals surface area contributed by atoms with E-state index in [1.807, 2.05) is 0 Å². The van der Waals surface area contributed by atoms with Gasteiger partial charge in [0.15, 0.2) is 0 Å². The topological polar surface area (TPSA) is 76.1 Å². The Hall–Kier alpha value is -1.14. The van der Waals surface area contributed by atoms with Crippen LogP contribution in [-0.2, 0) is 19.1 Å². The van der Waals surface area contributed by atoms with Crippen LogP contribution < -0.4 is 0 Å². The van der Waals surface area contributed by atoms with Crippen LogP contribution >= 0.6 is 0 Å². The van der Waals surface area contributed by atoms with E-state index in [0.717, 1.165) is 32.3 Å². The molecular weight excluding hydrogens is 286 g/mol. The fourth-order valence-electron chi connectivity index (χ4n) is 4.16. The maximum atomic E-state index is 12.5. The van der Waals surface area contributed by atoms with Crippen LogP contribution in [0.4, 0.5) is 0 Å². The molecule has 0 aromatic rings. The number of aliphatic carboxylic acids is 1. The Balaban J connectivity index is 1.55. The molecule has 6 heteroatoms. The van der Waals surface area contributed by atoms with Crippen LogP contribution in [0.3, 0.4) is 0 Å². The smallest absolute Gasteiger partial charge is 0.311 e. The molecule has 3 rings (SSSR count). The van der Waals surface area contributed by atoms with E-state index >= 15 is 0 Å². The Labute approximate surface area is 130 Å². The molecule has 6 nitrogen and oxygen atoms in total. The number of carboxylic acids is 1. The van der Waals surface area contributed by atoms with Gasteiger partial charge in [-0.1, -0.05) is 6.42 Å². The minimum Gasteiger partial charge on any atom is -0.481 e. The normalized spacial score (nSPS) is 35.6. The average Bonchev–Trinajstić information content (AvgIpc) is 3.18. The zero-order valence-electron chi connectivity index (χ0n) is 13.1. The molecule has 1 saturated carbocycles. The Morgan fingerprint density at radius 2 is 2.23 bits per heavy atom. The van der Waals surface area contributed by atoms with Crippen LogP contribution in [0, 0.1) is 11.3 Å². The molecule has 0 radical (unpaired) electrons. The Morgan fingerprint density at radius 3 is 2.86 bits per heavy atom. The van der Waals surface area contributed by atoms with Crippen LogP contribution in [0.25, 0.3) is 0 Å². The Morgan fingerprint density at radius 1 is 1.41 bits per heavy atom. The maximum absolute atomic E-state index is 12.5. The summed E-state index contributed by atoms with van der Waals surface area (Å²) in [4.78, 5) is 25.9. The third-order valence-electron chi connectivity index (χ3n) is 5.51. The number of carbonyl (C=O) groups is 2. The lowest BCUT2D eigenvalue weighted by molar-refractivity contribution is -0.150. The summed E-state index contributed by atoms with van der Waals surface area (Å²) >= 11 is 0. The van der Waals surface area contributed by atoms with Gasteiger partial charge in [0.05, 0.1) is 18.1 Å². The molecule has 0 spiro atoms. The van der Waals surface area contributed by atoms with Crippen LogP contribution in [0.2, 0.25) is 0 Å². The summed E-state index contributed by atoms with van der Waals surface area (Å²) in [5, 5.41) is 9.57. The summed E-state index contributed by atoms with van der Waals surface area (Å²) in [7, 11) is 0. The van der Waals surface area contributed by atoms with E-state index in [1.165, 1.54) is 0 Å². The van der Waals surface area contributed by atoms with Gasteiger partial charge in [0, 0.05) is 19.7 Å². The number of fused-ring (bicyclic) bond motifs is 1. The average molecular weight is 311 g/mol. The number of rotatable bonds is 5. The highest BCUT2D eigenvalue weighted by atomic mass is 16.5. The number of ether oxygens (including phenoxy) is 2. The quantitative estimate of drug-likeness (QED) is 0.828. The van der Waals surface area contributed by atoms with Crippen molar-refractivity contribution in [3.8, 4) is 0 Å². The van der Waals surface area contributed by atoms with E-state index in [1.54, 1.807) is 11.8 Å². The zero-order valence-corrected chi connectivity index (χ0v) is 13.1. The van der Waals surface area contributed by atoms with Crippen molar-refractivity contribution in [1.29, 1.82) is 0 Å². The van der Waals surface area contributed by atoms with E-state index in [2.05, 4.69) is 0 Å². The van der Waals surface area contributed by atoms with Gasteiger partial charge in [-0.05, 0) is 38.5 Å². The summed E-state index contributed by atoms with van der Waals surface area (Å²) in [5.74, 6) is -0.745. The lowest BCUT2D eigenvalue weighted by Gasteiger charge is -2.25. The highest BCUT2D eigenvalue weighted by Crippen LogP contribution is 2.49. The van der Waals surface area contributed by atoms with Crippen molar-refractivity contribution in [3.63, 3.8) is 0 Å². The molecule has 2 heterocycles. The summed E-state index contributed by atoms with van der Waals surface area (Å²) in [6.45, 7) is 3.84. The van der Waals surface area contributed by atoms with Crippen LogP contribution in [0.1, 0.15) is 39.0 Å². The second-order valence-corrected chi connectivity index (χ2v) is 6.88. The van der Waals surface area contributed by atoms with Crippen molar-refractivity contribution < 1.29 is 24.2 Å². The van der Waals surface area contributed by atoms with Gasteiger partial charge in [0.25, 0.3) is 5.91 Å². The number of likely N-dealkylation sites (tertiary alicyclic amines) is 1. The molecule has 1 aliphatic carbocycles. The molecule has 1 N–H and O–H groups in total. The molecule has 3 aliphatic rings. The highest BCUT2D eigenvalue weighted by molar-refractivity contribution is 5.83. The number of nitrogens with zero attached hydrogens (tertiary/aromatic N) is 1. The van der Waals surface area contributed by atoms with Gasteiger partial charge >= 0.3 is 5.97 Å². The number of carbonyl (C=O) groups excluding carboxylic acids is 1. The van der Waals surface area contributed by atoms with E-state index in [0.29, 0.717) is 26.1 Å². The van der Waals surface area contributed by atoms with Crippen LogP contribution in [-0.4, -0.2) is 60.4 Å². The SMILES string of the molecule is CC(OCC1CCCO1)C(=O)N1C[C@@H]2CCC[C@@]2(C(=O)O)C1. The molecule has 2 saturated heterocycles. The van der Waals surface area contributed by atoms with E-state index < -0.39 is 17.5 Å². The minimum absolute atomic E-state index is 0.0898. The molecule has 4 atom stereocenters. The van der Waals surface area contributed by atoms with Crippen molar-refractivity contribution >= 4 is 11.9 Å². The van der Waals surface area contributed by atoms with E-state index in [4.69, 9.17) is 9.47 Å². The molecule has 0 aromatic heterocycles. The van der Waals surface area contributed by atoms with Gasteiger partial charge < -0.3 is 19.5 Å². The molecule has 3 fully saturated rings. The largest absolute Gasteiger partial charge is 0.481 e. The first kappa shape index (κ1) is 15.7. The monoisotopic (exact) mass is 311 g/mol. The number of amides is 1. The van der Waals surface area contributed by atoms with Crippen molar-refractivity contribution in [1.82, 2.24) is 4.90 Å². The second-order valence-electron chi connectivity index (χ2n) is 6.88. The molecular formula is C16H25NO5. The first-order valence-electron chi connectivity index (χ1n) is 8.28. The van der Waals surface area contributed by atoms with Crippen LogP contribution in [0.15, 0.2) is 0 Å². The van der Waals surface area contributed by atoms with Crippen molar-refractivity contribution in [2.24, 2.45) is 11.3 Å². The maximum Gasteiger partial charge on any atom is 0.311 e. The van der Waals surface area contributed by atoms with Gasteiger partial charge in [0.1, 0.15) is 6.10 Å². The van der Waals surface area contributed by atoms with Crippen molar-refractivity contribution in [2.75, 3.05) is 26.3 Å². The third kappa shape index (κ3) is 2.74. The van der Waals surface area contributed by atoms with E-state index in [9.17, 15) is 14.7 Å². The second kappa shape index (κ2) is 6.16. The fraction of sp³-hybridized carbons (Fsp3) is 0.875. The predicted molar refractivity (Wildman–Crippen MR) is 78.4 cm³/mol. The molecule has 124 valence electrons. The molecule has 0 aromatic carbocycles. The third-order valence-corrected chi connectivity index (χ3v) is 5.51. The standard InChI is InChI=1S/C16H25NO5/c1-11(22-9-13-5-3-7-21-13)14(18)17-8-12-4-2-6-16(12,10-17)15(19)20/h11-13H,2-10H2,1H3,(H,19,20)/t11?,12-,13?,16+/m0/s1. The van der Waals surface area contributed by atoms with Crippen molar-refractivity contribution in [2.45, 2.75) is 51.2 Å². The van der Waals surface area contributed by atoms with Gasteiger partial charge in [-0.2, -0.15) is 0 Å². The molecule has 2 aliphatic heterocycles. The summed E-state index contributed by atoms with van der Waals surface area (Å²) in [6, 6.07) is 0. The van der Waals surface area contributed by atoms with Gasteiger partial charge in [-0.25, -0.2) is 0 Å². The summed E-state index contributed by atoms with van der Waals surface area (Å²) in [6.07, 6.45) is 4.13. The highest BCUT2D eigenvalue weighted by Gasteiger charge is 2.56. The van der Waals surface area contributed by atoms with Crippen molar-refractivity contribution in [3.05, 3.63) is 0 Å². The van der Waals surface area contributed by atoms with Gasteiger partial charge in [0.2, 0.25) is 0 Å². The number of hydrogen-bond donors (Lipinski definition) is 1. The molecule has 1 amide bonds. The Kier molecular flexibility index (Phi) is 4.41. The molecule has 2 unspecified atom stereocenters. The van der Waals surface area contributed by atoms with Crippen LogP contribution in [0.5, 0.6) is 0 Å². The lowest BCUT2D eigenvalue weighted by Crippen LogP contribution is -2.41. The summed E-state index contributed by atoms with van der Waals surface area (Å²) in [5.41, 5.74) is -0.718. The summed E-state index contributed by atoms with van der Waals surface area (Å²) < 4.78 is 11.1. The van der Waals surface area contributed by atoms with E-state index in [-0.39, 0.29) is 17.9 Å². The zero-order chi connectivity index (χ0) is 15.7. The fourth-order valence-corrected chi connectivity index (χ4v) is 4.16. The first-order valence-corrected chi connectivity index (χ1v) is 8.28. The molecule has 22 heavy (non-hydrogen) atoms. The van der Waals surface area contributed by atoms with Gasteiger partial charge in [-0.15, -0.1) is 0 Å². The Bertz CT molecular complexity index is 448. The molecule has 0 bridgehead atoms. The van der Waals surface area contributed by atoms with Gasteiger partial charge in [-0.3, -0.25) is 9.59 Å². The minimum atomic E-state index is -0.752. The first-order chi connectivity index (χ1) is 10.5. The number of carboxylic acid groups (broad SMARTS) is 1. The number of hydrogen-bond acceptors (Lipinski definition) is 4. The predicted octanol–water partition coefficient (Wildman–Crippen LogP) is 1.28.